The Morgan fingerprint density at radius 1 is 1.24 bits per heavy atom. The van der Waals surface area contributed by atoms with Crippen LogP contribution in [0, 0.1) is 0 Å². The number of hydrogen-bond donors (Lipinski definition) is 1. The van der Waals surface area contributed by atoms with Gasteiger partial charge in [0.05, 0.1) is 19.3 Å². The number of nitrogens with zero attached hydrogens (tertiary/aromatic N) is 5. The molecule has 4 rings (SSSR count). The molecule has 0 spiro atoms. The zero-order valence-electron chi connectivity index (χ0n) is 16.9. The van der Waals surface area contributed by atoms with Crippen LogP contribution >= 0.6 is 0 Å². The predicted molar refractivity (Wildman–Crippen MR) is 106 cm³/mol. The van der Waals surface area contributed by atoms with Crippen LogP contribution in [0.2, 0.25) is 0 Å². The van der Waals surface area contributed by atoms with Gasteiger partial charge in [0, 0.05) is 37.9 Å². The molecule has 0 unspecified atom stereocenters. The van der Waals surface area contributed by atoms with Gasteiger partial charge in [-0.1, -0.05) is 0 Å². The summed E-state index contributed by atoms with van der Waals surface area (Å²) in [6, 6.07) is 4.01. The summed E-state index contributed by atoms with van der Waals surface area (Å²) in [5.41, 5.74) is 0.301. The second-order valence-corrected chi connectivity index (χ2v) is 8.16. The summed E-state index contributed by atoms with van der Waals surface area (Å²) in [4.78, 5) is 24.7. The van der Waals surface area contributed by atoms with Crippen molar-refractivity contribution in [3.63, 3.8) is 0 Å². The molecule has 2 saturated heterocycles. The van der Waals surface area contributed by atoms with Gasteiger partial charge in [0.1, 0.15) is 11.4 Å². The van der Waals surface area contributed by atoms with Gasteiger partial charge in [0.2, 0.25) is 0 Å². The fourth-order valence-electron chi connectivity index (χ4n) is 3.05. The van der Waals surface area contributed by atoms with Crippen molar-refractivity contribution >= 4 is 17.9 Å². The van der Waals surface area contributed by atoms with E-state index in [1.165, 1.54) is 0 Å². The molecule has 2 aliphatic heterocycles. The fraction of sp³-hybridized carbons (Fsp3) is 0.579. The van der Waals surface area contributed by atoms with E-state index in [1.807, 2.05) is 37.8 Å². The highest BCUT2D eigenvalue weighted by Crippen LogP contribution is 2.23. The van der Waals surface area contributed by atoms with Crippen molar-refractivity contribution in [1.82, 2.24) is 20.0 Å². The van der Waals surface area contributed by atoms with E-state index in [2.05, 4.69) is 20.4 Å². The van der Waals surface area contributed by atoms with Gasteiger partial charge in [0.25, 0.3) is 11.8 Å². The summed E-state index contributed by atoms with van der Waals surface area (Å²) in [5.74, 6) is 1.70. The number of amides is 1. The topological polar surface area (TPSA) is 106 Å². The molecule has 0 aromatic carbocycles. The summed E-state index contributed by atoms with van der Waals surface area (Å²) >= 11 is 0. The first-order chi connectivity index (χ1) is 13.9. The molecule has 0 radical (unpaired) electrons. The van der Waals surface area contributed by atoms with Gasteiger partial charge in [0.15, 0.2) is 0 Å². The molecule has 0 atom stereocenters. The van der Waals surface area contributed by atoms with Crippen molar-refractivity contribution in [2.24, 2.45) is 0 Å². The van der Waals surface area contributed by atoms with Crippen LogP contribution in [0.1, 0.15) is 20.8 Å². The zero-order chi connectivity index (χ0) is 20.4. The molecule has 10 nitrogen and oxygen atoms in total. The smallest absolute Gasteiger partial charge is 0.410 e. The normalized spacial score (nSPS) is 17.8. The quantitative estimate of drug-likeness (QED) is 0.822. The SMILES string of the molecule is CC(C)(C)OC(=O)N1CCN(c2noc(-c3ccnc(NC4COC4)c3)n2)CC1. The standard InChI is InChI=1S/C19H26N6O4/c1-19(2,3)28-18(26)25-8-6-24(7-9-25)17-22-16(29-23-17)13-4-5-20-15(10-13)21-14-11-27-12-14/h4-5,10,14H,6-9,11-12H2,1-3H3,(H,20,21). The van der Waals surface area contributed by atoms with E-state index in [9.17, 15) is 4.79 Å². The second kappa shape index (κ2) is 7.86. The van der Waals surface area contributed by atoms with E-state index in [0.717, 1.165) is 11.4 Å². The summed E-state index contributed by atoms with van der Waals surface area (Å²) < 4.78 is 16.1. The Hall–Kier alpha value is -2.88. The second-order valence-electron chi connectivity index (χ2n) is 8.16. The number of carbonyl (C=O) groups is 1. The van der Waals surface area contributed by atoms with E-state index in [4.69, 9.17) is 14.0 Å². The molecule has 0 aliphatic carbocycles. The van der Waals surface area contributed by atoms with Crippen LogP contribution in [0.4, 0.5) is 16.6 Å². The Morgan fingerprint density at radius 3 is 2.66 bits per heavy atom. The number of anilines is 2. The Bertz CT molecular complexity index is 852. The molecule has 156 valence electrons. The van der Waals surface area contributed by atoms with Crippen molar-refractivity contribution < 1.29 is 18.8 Å². The molecule has 1 amide bonds. The van der Waals surface area contributed by atoms with Crippen molar-refractivity contribution in [2.45, 2.75) is 32.4 Å². The van der Waals surface area contributed by atoms with Crippen LogP contribution in [-0.4, -0.2) is 77.2 Å². The number of hydrogen-bond acceptors (Lipinski definition) is 9. The third-order valence-corrected chi connectivity index (χ3v) is 4.63. The molecule has 0 bridgehead atoms. The van der Waals surface area contributed by atoms with E-state index < -0.39 is 5.60 Å². The van der Waals surface area contributed by atoms with Crippen LogP contribution in [0.3, 0.4) is 0 Å². The largest absolute Gasteiger partial charge is 0.444 e. The number of carbonyl (C=O) groups excluding carboxylic acids is 1. The lowest BCUT2D eigenvalue weighted by Gasteiger charge is -2.34. The van der Waals surface area contributed by atoms with E-state index >= 15 is 0 Å². The molecule has 10 heteroatoms. The monoisotopic (exact) mass is 402 g/mol. The molecule has 2 aromatic heterocycles. The Balaban J connectivity index is 1.36. The molecular weight excluding hydrogens is 376 g/mol. The highest BCUT2D eigenvalue weighted by molar-refractivity contribution is 5.68. The average Bonchev–Trinajstić information content (AvgIpc) is 3.14. The minimum absolute atomic E-state index is 0.289. The predicted octanol–water partition coefficient (Wildman–Crippen LogP) is 2.00. The summed E-state index contributed by atoms with van der Waals surface area (Å²) in [5, 5.41) is 7.41. The molecule has 2 fully saturated rings. The molecule has 2 aliphatic rings. The maximum absolute atomic E-state index is 12.2. The fourth-order valence-corrected chi connectivity index (χ4v) is 3.05. The van der Waals surface area contributed by atoms with Gasteiger partial charge in [-0.3, -0.25) is 0 Å². The number of piperazine rings is 1. The van der Waals surface area contributed by atoms with Gasteiger partial charge in [-0.15, -0.1) is 0 Å². The highest BCUT2D eigenvalue weighted by atomic mass is 16.6. The van der Waals surface area contributed by atoms with E-state index in [0.29, 0.717) is 51.2 Å². The zero-order valence-corrected chi connectivity index (χ0v) is 16.9. The minimum Gasteiger partial charge on any atom is -0.444 e. The van der Waals surface area contributed by atoms with E-state index in [-0.39, 0.29) is 12.1 Å². The number of pyridine rings is 1. The van der Waals surface area contributed by atoms with Gasteiger partial charge in [-0.2, -0.15) is 4.98 Å². The lowest BCUT2D eigenvalue weighted by atomic mass is 10.2. The summed E-state index contributed by atoms with van der Waals surface area (Å²) in [6.07, 6.45) is 1.42. The van der Waals surface area contributed by atoms with Gasteiger partial charge in [-0.25, -0.2) is 9.78 Å². The lowest BCUT2D eigenvalue weighted by molar-refractivity contribution is 0.0209. The highest BCUT2D eigenvalue weighted by Gasteiger charge is 2.27. The number of ether oxygens (including phenoxy) is 2. The Labute approximate surface area is 169 Å². The maximum atomic E-state index is 12.2. The molecule has 4 heterocycles. The molecule has 29 heavy (non-hydrogen) atoms. The lowest BCUT2D eigenvalue weighted by Crippen LogP contribution is -2.50. The van der Waals surface area contributed by atoms with Crippen LogP contribution in [0.25, 0.3) is 11.5 Å². The molecule has 1 N–H and O–H groups in total. The van der Waals surface area contributed by atoms with E-state index in [1.54, 1.807) is 11.1 Å². The van der Waals surface area contributed by atoms with Gasteiger partial charge >= 0.3 is 6.09 Å². The maximum Gasteiger partial charge on any atom is 0.410 e. The van der Waals surface area contributed by atoms with Crippen molar-refractivity contribution in [3.05, 3.63) is 18.3 Å². The van der Waals surface area contributed by atoms with Crippen LogP contribution < -0.4 is 10.2 Å². The summed E-state index contributed by atoms with van der Waals surface area (Å²) in [6.45, 7) is 9.28. The van der Waals surface area contributed by atoms with Crippen LogP contribution in [0.5, 0.6) is 0 Å². The third kappa shape index (κ3) is 4.76. The molecular formula is C19H26N6O4. The van der Waals surface area contributed by atoms with Crippen molar-refractivity contribution in [2.75, 3.05) is 49.6 Å². The average molecular weight is 402 g/mol. The van der Waals surface area contributed by atoms with Gasteiger partial charge in [-0.05, 0) is 38.1 Å². The molecule has 0 saturated carbocycles. The Kier molecular flexibility index (Phi) is 5.27. The van der Waals surface area contributed by atoms with Crippen molar-refractivity contribution in [3.8, 4) is 11.5 Å². The van der Waals surface area contributed by atoms with Crippen LogP contribution in [-0.2, 0) is 9.47 Å². The third-order valence-electron chi connectivity index (χ3n) is 4.63. The minimum atomic E-state index is -0.499. The summed E-state index contributed by atoms with van der Waals surface area (Å²) in [7, 11) is 0. The number of aromatic nitrogens is 3. The first-order valence-electron chi connectivity index (χ1n) is 9.75. The first-order valence-corrected chi connectivity index (χ1v) is 9.75. The Morgan fingerprint density at radius 2 is 2.00 bits per heavy atom. The van der Waals surface area contributed by atoms with Gasteiger partial charge < -0.3 is 29.1 Å². The number of rotatable bonds is 4. The molecule has 2 aromatic rings. The van der Waals surface area contributed by atoms with Crippen molar-refractivity contribution in [1.29, 1.82) is 0 Å². The first kappa shape index (κ1) is 19.4. The van der Waals surface area contributed by atoms with Crippen LogP contribution in [0.15, 0.2) is 22.9 Å². The number of nitrogens with one attached hydrogen (secondary N) is 1.